The van der Waals surface area contributed by atoms with Gasteiger partial charge in [0.05, 0.1) is 11.3 Å². The van der Waals surface area contributed by atoms with Crippen molar-refractivity contribution in [2.24, 2.45) is 0 Å². The largest absolute Gasteiger partial charge is 0.478 e. The molecule has 0 saturated carbocycles. The van der Waals surface area contributed by atoms with Crippen LogP contribution in [-0.4, -0.2) is 37.5 Å². The molecule has 21 heavy (non-hydrogen) atoms. The number of hydrogen-bond donors (Lipinski definition) is 2. The standard InChI is InChI=1S/C12H11BrFNO4S2/c1-2-4-20-5-3-15-21(18,19)10-7-8(13)6-9(11(10)14)12(16)17/h1,6-7,15H,3-5H2,(H,16,17). The summed E-state index contributed by atoms with van der Waals surface area (Å²) in [5, 5.41) is 8.86. The Morgan fingerprint density at radius 1 is 1.52 bits per heavy atom. The maximum Gasteiger partial charge on any atom is 0.338 e. The molecular weight excluding hydrogens is 385 g/mol. The van der Waals surface area contributed by atoms with Gasteiger partial charge in [-0.15, -0.1) is 18.2 Å². The van der Waals surface area contributed by atoms with Crippen molar-refractivity contribution in [2.45, 2.75) is 4.90 Å². The molecule has 0 bridgehead atoms. The second-order valence-electron chi connectivity index (χ2n) is 3.73. The zero-order valence-corrected chi connectivity index (χ0v) is 13.8. The molecule has 1 aromatic carbocycles. The van der Waals surface area contributed by atoms with Gasteiger partial charge in [0.25, 0.3) is 0 Å². The molecular formula is C12H11BrFNO4S2. The van der Waals surface area contributed by atoms with Crippen LogP contribution in [0, 0.1) is 18.2 Å². The van der Waals surface area contributed by atoms with Gasteiger partial charge in [0.2, 0.25) is 10.0 Å². The van der Waals surface area contributed by atoms with Gasteiger partial charge >= 0.3 is 5.97 Å². The lowest BCUT2D eigenvalue weighted by Crippen LogP contribution is -2.27. The number of carboxylic acid groups (broad SMARTS) is 1. The Morgan fingerprint density at radius 3 is 2.76 bits per heavy atom. The minimum atomic E-state index is -4.14. The summed E-state index contributed by atoms with van der Waals surface area (Å²) in [5.41, 5.74) is -0.716. The number of rotatable bonds is 7. The first-order chi connectivity index (χ1) is 9.79. The van der Waals surface area contributed by atoms with Crippen LogP contribution in [0.15, 0.2) is 21.5 Å². The Bertz CT molecular complexity index is 685. The molecule has 114 valence electrons. The van der Waals surface area contributed by atoms with Crippen molar-refractivity contribution < 1.29 is 22.7 Å². The first-order valence-corrected chi connectivity index (χ1v) is 8.96. The third-order valence-electron chi connectivity index (χ3n) is 2.25. The third kappa shape index (κ3) is 5.00. The lowest BCUT2D eigenvalue weighted by molar-refractivity contribution is 0.0691. The average molecular weight is 396 g/mol. The van der Waals surface area contributed by atoms with Gasteiger partial charge in [-0.1, -0.05) is 21.9 Å². The second kappa shape index (κ2) is 7.79. The van der Waals surface area contributed by atoms with Gasteiger partial charge in [0.1, 0.15) is 4.90 Å². The summed E-state index contributed by atoms with van der Waals surface area (Å²) in [6.07, 6.45) is 5.05. The van der Waals surface area contributed by atoms with Crippen LogP contribution < -0.4 is 4.72 Å². The number of hydrogen-bond acceptors (Lipinski definition) is 4. The maximum absolute atomic E-state index is 14.0. The number of carboxylic acids is 1. The van der Waals surface area contributed by atoms with Gasteiger partial charge in [0.15, 0.2) is 5.82 Å². The highest BCUT2D eigenvalue weighted by Gasteiger charge is 2.24. The maximum atomic E-state index is 14.0. The molecule has 0 fully saturated rings. The second-order valence-corrected chi connectivity index (χ2v) is 7.48. The van der Waals surface area contributed by atoms with E-state index in [9.17, 15) is 17.6 Å². The van der Waals surface area contributed by atoms with Crippen molar-refractivity contribution in [3.63, 3.8) is 0 Å². The molecule has 0 heterocycles. The zero-order valence-electron chi connectivity index (χ0n) is 10.6. The topological polar surface area (TPSA) is 83.5 Å². The predicted octanol–water partition coefficient (Wildman–Crippen LogP) is 1.93. The number of nitrogens with one attached hydrogen (secondary N) is 1. The fourth-order valence-electron chi connectivity index (χ4n) is 1.37. The first-order valence-electron chi connectivity index (χ1n) is 5.53. The lowest BCUT2D eigenvalue weighted by atomic mass is 10.2. The Labute approximate surface area is 134 Å². The van der Waals surface area contributed by atoms with E-state index < -0.39 is 32.3 Å². The molecule has 0 aliphatic rings. The van der Waals surface area contributed by atoms with Gasteiger partial charge < -0.3 is 5.11 Å². The van der Waals surface area contributed by atoms with E-state index >= 15 is 0 Å². The molecule has 0 radical (unpaired) electrons. The Kier molecular flexibility index (Phi) is 6.67. The number of terminal acetylenes is 1. The molecule has 0 amide bonds. The SMILES string of the molecule is C#CCSCCNS(=O)(=O)c1cc(Br)cc(C(=O)O)c1F. The minimum absolute atomic E-state index is 0.0586. The summed E-state index contributed by atoms with van der Waals surface area (Å²) in [5.74, 6) is 0.407. The fourth-order valence-corrected chi connectivity index (χ4v) is 3.77. The van der Waals surface area contributed by atoms with Crippen LogP contribution in [0.2, 0.25) is 0 Å². The molecule has 0 saturated heterocycles. The number of thioether (sulfide) groups is 1. The van der Waals surface area contributed by atoms with Crippen LogP contribution in [0.5, 0.6) is 0 Å². The molecule has 1 rings (SSSR count). The highest BCUT2D eigenvalue weighted by Crippen LogP contribution is 2.24. The number of benzene rings is 1. The zero-order chi connectivity index (χ0) is 16.0. The first kappa shape index (κ1) is 18.0. The van der Waals surface area contributed by atoms with Gasteiger partial charge in [-0.3, -0.25) is 0 Å². The van der Waals surface area contributed by atoms with Crippen LogP contribution in [0.3, 0.4) is 0 Å². The summed E-state index contributed by atoms with van der Waals surface area (Å²) < 4.78 is 40.3. The molecule has 0 aliphatic carbocycles. The van der Waals surface area contributed by atoms with E-state index in [1.807, 2.05) is 0 Å². The monoisotopic (exact) mass is 395 g/mol. The number of carbonyl (C=O) groups is 1. The smallest absolute Gasteiger partial charge is 0.338 e. The summed E-state index contributed by atoms with van der Waals surface area (Å²) >= 11 is 4.31. The van der Waals surface area contributed by atoms with Crippen molar-refractivity contribution in [1.29, 1.82) is 0 Å². The van der Waals surface area contributed by atoms with E-state index in [1.165, 1.54) is 11.8 Å². The Balaban J connectivity index is 2.98. The van der Waals surface area contributed by atoms with Crippen molar-refractivity contribution in [2.75, 3.05) is 18.1 Å². The normalized spacial score (nSPS) is 11.1. The van der Waals surface area contributed by atoms with Gasteiger partial charge in [-0.2, -0.15) is 0 Å². The molecule has 0 spiro atoms. The van der Waals surface area contributed by atoms with Crippen LogP contribution in [0.4, 0.5) is 4.39 Å². The van der Waals surface area contributed by atoms with Crippen LogP contribution in [0.25, 0.3) is 0 Å². The summed E-state index contributed by atoms with van der Waals surface area (Å²) in [6, 6.07) is 2.01. The van der Waals surface area contributed by atoms with Crippen molar-refractivity contribution >= 4 is 43.7 Å². The number of halogens is 2. The average Bonchev–Trinajstić information content (AvgIpc) is 2.40. The molecule has 0 aromatic heterocycles. The van der Waals surface area contributed by atoms with Crippen molar-refractivity contribution in [3.8, 4) is 12.3 Å². The molecule has 2 N–H and O–H groups in total. The lowest BCUT2D eigenvalue weighted by Gasteiger charge is -2.09. The van der Waals surface area contributed by atoms with E-state index in [4.69, 9.17) is 11.5 Å². The Hall–Kier alpha value is -1.08. The van der Waals surface area contributed by atoms with Crippen LogP contribution >= 0.6 is 27.7 Å². The van der Waals surface area contributed by atoms with E-state index in [0.717, 1.165) is 12.1 Å². The van der Waals surface area contributed by atoms with E-state index in [0.29, 0.717) is 11.5 Å². The minimum Gasteiger partial charge on any atom is -0.478 e. The van der Waals surface area contributed by atoms with Gasteiger partial charge in [-0.05, 0) is 12.1 Å². The van der Waals surface area contributed by atoms with Crippen LogP contribution in [0.1, 0.15) is 10.4 Å². The van der Waals surface area contributed by atoms with E-state index in [-0.39, 0.29) is 11.0 Å². The molecule has 5 nitrogen and oxygen atoms in total. The summed E-state index contributed by atoms with van der Waals surface area (Å²) in [6.45, 7) is 0.0586. The van der Waals surface area contributed by atoms with Gasteiger partial charge in [-0.25, -0.2) is 22.3 Å². The molecule has 0 atom stereocenters. The quantitative estimate of drug-likeness (QED) is 0.544. The van der Waals surface area contributed by atoms with Crippen molar-refractivity contribution in [1.82, 2.24) is 4.72 Å². The highest BCUT2D eigenvalue weighted by molar-refractivity contribution is 9.10. The predicted molar refractivity (Wildman–Crippen MR) is 82.4 cm³/mol. The highest BCUT2D eigenvalue weighted by atomic mass is 79.9. The number of sulfonamides is 1. The summed E-state index contributed by atoms with van der Waals surface area (Å²) in [4.78, 5) is 10.2. The van der Waals surface area contributed by atoms with E-state index in [1.54, 1.807) is 0 Å². The van der Waals surface area contributed by atoms with Crippen LogP contribution in [-0.2, 0) is 10.0 Å². The van der Waals surface area contributed by atoms with Crippen molar-refractivity contribution in [3.05, 3.63) is 28.0 Å². The van der Waals surface area contributed by atoms with E-state index in [2.05, 4.69) is 26.6 Å². The molecule has 1 aromatic rings. The Morgan fingerprint density at radius 2 is 2.19 bits per heavy atom. The van der Waals surface area contributed by atoms with Gasteiger partial charge in [0, 0.05) is 16.8 Å². The number of aromatic carboxylic acids is 1. The molecule has 9 heteroatoms. The third-order valence-corrected chi connectivity index (χ3v) is 5.03. The fraction of sp³-hybridized carbons (Fsp3) is 0.250. The summed E-state index contributed by atoms with van der Waals surface area (Å²) in [7, 11) is -4.14. The molecule has 0 unspecified atom stereocenters. The molecule has 0 aliphatic heterocycles.